The van der Waals surface area contributed by atoms with Crippen LogP contribution in [-0.2, 0) is 4.74 Å². The van der Waals surface area contributed by atoms with Crippen molar-refractivity contribution in [2.45, 2.75) is 19.4 Å². The summed E-state index contributed by atoms with van der Waals surface area (Å²) >= 11 is 3.45. The second-order valence-electron chi connectivity index (χ2n) is 4.08. The molecule has 1 aromatic heterocycles. The molecular formula is C10H17BrN4O. The van der Waals surface area contributed by atoms with E-state index in [9.17, 15) is 0 Å². The van der Waals surface area contributed by atoms with E-state index in [2.05, 4.69) is 36.5 Å². The normalized spacial score (nSPS) is 11.3. The van der Waals surface area contributed by atoms with E-state index < -0.39 is 0 Å². The molecule has 0 unspecified atom stereocenters. The van der Waals surface area contributed by atoms with Crippen LogP contribution in [0, 0.1) is 0 Å². The highest BCUT2D eigenvalue weighted by Gasteiger charge is 2.20. The topological polar surface area (TPSA) is 59.1 Å². The Bertz CT molecular complexity index is 357. The third-order valence-electron chi connectivity index (χ3n) is 1.99. The lowest BCUT2D eigenvalue weighted by Gasteiger charge is -2.26. The molecule has 1 rings (SSSR count). The average molecular weight is 289 g/mol. The molecule has 6 heteroatoms. The second kappa shape index (κ2) is 5.45. The molecular weight excluding hydrogens is 272 g/mol. The molecule has 2 N–H and O–H groups in total. The van der Waals surface area contributed by atoms with Gasteiger partial charge in [-0.2, -0.15) is 0 Å². The molecule has 5 nitrogen and oxygen atoms in total. The fourth-order valence-electron chi connectivity index (χ4n) is 1.35. The van der Waals surface area contributed by atoms with Gasteiger partial charge in [-0.3, -0.25) is 0 Å². The quantitative estimate of drug-likeness (QED) is 0.869. The summed E-state index contributed by atoms with van der Waals surface area (Å²) in [5, 5.41) is 6.28. The van der Waals surface area contributed by atoms with Gasteiger partial charge in [0.25, 0.3) is 0 Å². The van der Waals surface area contributed by atoms with Gasteiger partial charge in [0.1, 0.15) is 22.4 Å². The summed E-state index contributed by atoms with van der Waals surface area (Å²) in [5.74, 6) is 1.51. The fourth-order valence-corrected chi connectivity index (χ4v) is 1.85. The van der Waals surface area contributed by atoms with Crippen molar-refractivity contribution in [1.82, 2.24) is 9.97 Å². The summed E-state index contributed by atoms with van der Waals surface area (Å²) in [4.78, 5) is 8.28. The highest BCUT2D eigenvalue weighted by atomic mass is 79.9. The second-order valence-corrected chi connectivity index (χ2v) is 4.87. The Morgan fingerprint density at radius 1 is 1.38 bits per heavy atom. The van der Waals surface area contributed by atoms with Crippen LogP contribution in [0.25, 0.3) is 0 Å². The van der Waals surface area contributed by atoms with E-state index in [0.29, 0.717) is 6.61 Å². The summed E-state index contributed by atoms with van der Waals surface area (Å²) in [5.41, 5.74) is -0.184. The minimum Gasteiger partial charge on any atom is -0.382 e. The molecule has 0 amide bonds. The highest BCUT2D eigenvalue weighted by molar-refractivity contribution is 9.10. The van der Waals surface area contributed by atoms with E-state index in [1.165, 1.54) is 6.33 Å². The van der Waals surface area contributed by atoms with Gasteiger partial charge in [0.2, 0.25) is 0 Å². The van der Waals surface area contributed by atoms with Crippen LogP contribution < -0.4 is 10.6 Å². The number of hydrogen-bond acceptors (Lipinski definition) is 5. The molecule has 0 saturated heterocycles. The van der Waals surface area contributed by atoms with E-state index in [4.69, 9.17) is 4.74 Å². The third kappa shape index (κ3) is 3.31. The van der Waals surface area contributed by atoms with Gasteiger partial charge in [-0.1, -0.05) is 0 Å². The van der Waals surface area contributed by atoms with Crippen molar-refractivity contribution in [3.63, 3.8) is 0 Å². The zero-order chi connectivity index (χ0) is 12.2. The molecule has 90 valence electrons. The average Bonchev–Trinajstić information content (AvgIpc) is 2.21. The summed E-state index contributed by atoms with van der Waals surface area (Å²) in [6.45, 7) is 4.69. The number of anilines is 2. The maximum absolute atomic E-state index is 5.14. The largest absolute Gasteiger partial charge is 0.382 e. The van der Waals surface area contributed by atoms with Crippen LogP contribution in [0.15, 0.2) is 10.8 Å². The maximum Gasteiger partial charge on any atom is 0.146 e. The Labute approximate surface area is 104 Å². The van der Waals surface area contributed by atoms with Crippen molar-refractivity contribution < 1.29 is 4.74 Å². The van der Waals surface area contributed by atoms with Gasteiger partial charge in [-0.15, -0.1) is 0 Å². The summed E-state index contributed by atoms with van der Waals surface area (Å²) in [6.07, 6.45) is 1.52. The lowest BCUT2D eigenvalue weighted by Crippen LogP contribution is -2.36. The Kier molecular flexibility index (Phi) is 4.49. The first kappa shape index (κ1) is 13.2. The number of nitrogens with one attached hydrogen (secondary N) is 2. The Balaban J connectivity index is 2.89. The molecule has 16 heavy (non-hydrogen) atoms. The number of ether oxygens (including phenoxy) is 1. The molecule has 0 aliphatic carbocycles. The van der Waals surface area contributed by atoms with Gasteiger partial charge < -0.3 is 15.4 Å². The van der Waals surface area contributed by atoms with Crippen LogP contribution in [0.5, 0.6) is 0 Å². The van der Waals surface area contributed by atoms with E-state index in [1.807, 2.05) is 20.9 Å². The monoisotopic (exact) mass is 288 g/mol. The Morgan fingerprint density at radius 3 is 2.56 bits per heavy atom. The van der Waals surface area contributed by atoms with Crippen LogP contribution in [0.3, 0.4) is 0 Å². The first-order chi connectivity index (χ1) is 7.50. The van der Waals surface area contributed by atoms with Gasteiger partial charge >= 0.3 is 0 Å². The lowest BCUT2D eigenvalue weighted by atomic mass is 10.1. The molecule has 1 aromatic rings. The fraction of sp³-hybridized carbons (Fsp3) is 0.600. The predicted octanol–water partition coefficient (Wildman–Crippen LogP) is 2.12. The SMILES string of the molecule is CNc1ncnc(NC(C)(C)COC)c1Br. The van der Waals surface area contributed by atoms with Gasteiger partial charge in [-0.05, 0) is 29.8 Å². The summed E-state index contributed by atoms with van der Waals surface area (Å²) in [7, 11) is 3.49. The molecule has 0 spiro atoms. The van der Waals surface area contributed by atoms with Gasteiger partial charge in [0.05, 0.1) is 12.1 Å². The minimum atomic E-state index is -0.184. The highest BCUT2D eigenvalue weighted by Crippen LogP contribution is 2.28. The van der Waals surface area contributed by atoms with Gasteiger partial charge in [-0.25, -0.2) is 9.97 Å². The van der Waals surface area contributed by atoms with Crippen LogP contribution in [0.1, 0.15) is 13.8 Å². The lowest BCUT2D eigenvalue weighted by molar-refractivity contribution is 0.158. The standard InChI is InChI=1S/C10H17BrN4O/c1-10(2,5-16-4)15-9-7(11)8(12-3)13-6-14-9/h6H,5H2,1-4H3,(H2,12,13,14,15). The van der Waals surface area contributed by atoms with E-state index >= 15 is 0 Å². The van der Waals surface area contributed by atoms with Gasteiger partial charge in [0.15, 0.2) is 0 Å². The maximum atomic E-state index is 5.14. The van der Waals surface area contributed by atoms with Crippen molar-refractivity contribution in [2.24, 2.45) is 0 Å². The zero-order valence-corrected chi connectivity index (χ0v) is 11.6. The van der Waals surface area contributed by atoms with E-state index in [1.54, 1.807) is 7.11 Å². The number of halogens is 1. The molecule has 0 saturated carbocycles. The van der Waals surface area contributed by atoms with Crippen LogP contribution in [0.2, 0.25) is 0 Å². The van der Waals surface area contributed by atoms with Crippen molar-refractivity contribution in [2.75, 3.05) is 31.4 Å². The number of hydrogen-bond donors (Lipinski definition) is 2. The third-order valence-corrected chi connectivity index (χ3v) is 2.74. The summed E-state index contributed by atoms with van der Waals surface area (Å²) in [6, 6.07) is 0. The Morgan fingerprint density at radius 2 is 2.00 bits per heavy atom. The number of aromatic nitrogens is 2. The number of nitrogens with zero attached hydrogens (tertiary/aromatic N) is 2. The van der Waals surface area contributed by atoms with Crippen molar-refractivity contribution in [1.29, 1.82) is 0 Å². The molecule has 0 fully saturated rings. The van der Waals surface area contributed by atoms with Crippen LogP contribution in [0.4, 0.5) is 11.6 Å². The van der Waals surface area contributed by atoms with Gasteiger partial charge in [0, 0.05) is 14.2 Å². The molecule has 0 aromatic carbocycles. The number of methoxy groups -OCH3 is 1. The predicted molar refractivity (Wildman–Crippen MR) is 68.9 cm³/mol. The molecule has 0 radical (unpaired) electrons. The molecule has 0 atom stereocenters. The van der Waals surface area contributed by atoms with E-state index in [-0.39, 0.29) is 5.54 Å². The minimum absolute atomic E-state index is 0.184. The zero-order valence-electron chi connectivity index (χ0n) is 9.97. The van der Waals surface area contributed by atoms with Crippen molar-refractivity contribution in [3.8, 4) is 0 Å². The van der Waals surface area contributed by atoms with Crippen LogP contribution >= 0.6 is 15.9 Å². The molecule has 1 heterocycles. The first-order valence-electron chi connectivity index (χ1n) is 4.95. The summed E-state index contributed by atoms with van der Waals surface area (Å²) < 4.78 is 5.96. The van der Waals surface area contributed by atoms with Crippen molar-refractivity contribution in [3.05, 3.63) is 10.8 Å². The molecule has 0 bridgehead atoms. The number of rotatable bonds is 5. The van der Waals surface area contributed by atoms with E-state index in [0.717, 1.165) is 16.1 Å². The molecule has 0 aliphatic rings. The smallest absolute Gasteiger partial charge is 0.146 e. The Hall–Kier alpha value is -0.880. The van der Waals surface area contributed by atoms with Crippen molar-refractivity contribution >= 4 is 27.6 Å². The molecule has 0 aliphatic heterocycles. The first-order valence-corrected chi connectivity index (χ1v) is 5.75. The van der Waals surface area contributed by atoms with Crippen LogP contribution in [-0.4, -0.2) is 36.3 Å².